The Labute approximate surface area is 145 Å². The smallest absolute Gasteiger partial charge is 0.260 e. The van der Waals surface area contributed by atoms with Gasteiger partial charge in [-0.05, 0) is 12.3 Å². The molecule has 1 aliphatic heterocycles. The lowest BCUT2D eigenvalue weighted by molar-refractivity contribution is -0.132. The Morgan fingerprint density at radius 1 is 1.24 bits per heavy atom. The lowest BCUT2D eigenvalue weighted by Crippen LogP contribution is -2.47. The molecule has 1 fully saturated rings. The van der Waals surface area contributed by atoms with E-state index in [1.54, 1.807) is 7.05 Å². The summed E-state index contributed by atoms with van der Waals surface area (Å²) in [5, 5.41) is 0. The number of amides is 1. The molecule has 0 saturated heterocycles. The van der Waals surface area contributed by atoms with Crippen molar-refractivity contribution in [3.05, 3.63) is 29.8 Å². The lowest BCUT2D eigenvalue weighted by atomic mass is 9.79. The Morgan fingerprint density at radius 3 is 2.44 bits per heavy atom. The molecule has 1 heterocycles. The number of aliphatic imine (C=N–C) groups is 1. The molecule has 1 aliphatic carbocycles. The summed E-state index contributed by atoms with van der Waals surface area (Å²) in [7, 11) is 1.58. The van der Waals surface area contributed by atoms with Crippen molar-refractivity contribution in [1.82, 2.24) is 4.90 Å². The molecule has 5 nitrogen and oxygen atoms in total. The molecule has 1 aromatic carbocycles. The van der Waals surface area contributed by atoms with Gasteiger partial charge in [0.1, 0.15) is 24.0 Å². The van der Waals surface area contributed by atoms with Crippen molar-refractivity contribution in [1.29, 1.82) is 0 Å². The highest BCUT2D eigenvalue weighted by Gasteiger charge is 2.48. The minimum Gasteiger partial charge on any atom is -0.490 e. The number of carbonyl (C=O) groups is 1. The summed E-state index contributed by atoms with van der Waals surface area (Å²) in [6.45, 7) is -0.0870. The number of ether oxygens (including phenoxy) is 1. The second-order valence-electron chi connectivity index (χ2n) is 6.97. The van der Waals surface area contributed by atoms with Gasteiger partial charge in [-0.25, -0.2) is 13.8 Å². The largest absolute Gasteiger partial charge is 0.490 e. The molecule has 25 heavy (non-hydrogen) atoms. The van der Waals surface area contributed by atoms with Crippen molar-refractivity contribution in [2.45, 2.75) is 44.1 Å². The minimum atomic E-state index is -1.12. The predicted molar refractivity (Wildman–Crippen MR) is 90.2 cm³/mol. The van der Waals surface area contributed by atoms with Gasteiger partial charge >= 0.3 is 0 Å². The average Bonchev–Trinajstić information content (AvgIpc) is 2.78. The highest BCUT2D eigenvalue weighted by molar-refractivity contribution is 6.06. The third kappa shape index (κ3) is 3.75. The molecular formula is C18H23F2N3O2. The number of rotatable bonds is 5. The summed E-state index contributed by atoms with van der Waals surface area (Å²) < 4.78 is 32.3. The second-order valence-corrected chi connectivity index (χ2v) is 6.97. The van der Waals surface area contributed by atoms with Crippen LogP contribution in [0, 0.1) is 17.6 Å². The summed E-state index contributed by atoms with van der Waals surface area (Å²) in [6, 6.07) is 2.95. The highest BCUT2D eigenvalue weighted by atomic mass is 19.1. The number of benzene rings is 1. The van der Waals surface area contributed by atoms with Gasteiger partial charge in [0.15, 0.2) is 11.5 Å². The second kappa shape index (κ2) is 6.98. The fraction of sp³-hybridized carbons (Fsp3) is 0.556. The Bertz CT molecular complexity index is 669. The molecule has 3 rings (SSSR count). The van der Waals surface area contributed by atoms with E-state index < -0.39 is 17.2 Å². The van der Waals surface area contributed by atoms with Crippen molar-refractivity contribution in [2.75, 3.05) is 13.7 Å². The standard InChI is InChI=1S/C18H23F2N3O2/c1-23-16(24)18(22-17(23)21,10-12-5-3-2-4-6-12)11-25-15-8-13(19)7-14(20)9-15/h7-9,12H,2-6,10-11H2,1H3,(H2,21,22)/t18-/m0/s1. The van der Waals surface area contributed by atoms with E-state index in [4.69, 9.17) is 10.5 Å². The van der Waals surface area contributed by atoms with Gasteiger partial charge in [0, 0.05) is 25.2 Å². The maximum Gasteiger partial charge on any atom is 0.260 e. The quantitative estimate of drug-likeness (QED) is 0.887. The molecule has 0 spiro atoms. The zero-order valence-corrected chi connectivity index (χ0v) is 14.3. The van der Waals surface area contributed by atoms with Crippen molar-refractivity contribution < 1.29 is 18.3 Å². The molecule has 7 heteroatoms. The molecule has 0 bridgehead atoms. The van der Waals surface area contributed by atoms with E-state index in [9.17, 15) is 13.6 Å². The Morgan fingerprint density at radius 2 is 1.88 bits per heavy atom. The van der Waals surface area contributed by atoms with Gasteiger partial charge in [0.2, 0.25) is 0 Å². The summed E-state index contributed by atoms with van der Waals surface area (Å²) in [5.74, 6) is -1.13. The van der Waals surface area contributed by atoms with Crippen molar-refractivity contribution >= 4 is 11.9 Å². The summed E-state index contributed by atoms with van der Waals surface area (Å²) >= 11 is 0. The van der Waals surface area contributed by atoms with Crippen LogP contribution in [0.15, 0.2) is 23.2 Å². The molecule has 136 valence electrons. The van der Waals surface area contributed by atoms with E-state index in [-0.39, 0.29) is 24.2 Å². The van der Waals surface area contributed by atoms with Gasteiger partial charge in [0.25, 0.3) is 5.91 Å². The molecular weight excluding hydrogens is 328 g/mol. The fourth-order valence-electron chi connectivity index (χ4n) is 3.73. The Kier molecular flexibility index (Phi) is 4.92. The first-order valence-corrected chi connectivity index (χ1v) is 8.62. The summed E-state index contributed by atoms with van der Waals surface area (Å²) in [4.78, 5) is 18.5. The zero-order chi connectivity index (χ0) is 18.0. The van der Waals surface area contributed by atoms with Crippen LogP contribution >= 0.6 is 0 Å². The molecule has 2 aliphatic rings. The predicted octanol–water partition coefficient (Wildman–Crippen LogP) is 2.84. The fourth-order valence-corrected chi connectivity index (χ4v) is 3.73. The van der Waals surface area contributed by atoms with Crippen molar-refractivity contribution in [3.8, 4) is 5.75 Å². The molecule has 0 aromatic heterocycles. The number of carbonyl (C=O) groups excluding carboxylic acids is 1. The molecule has 0 radical (unpaired) electrons. The molecule has 1 saturated carbocycles. The number of hydrogen-bond acceptors (Lipinski definition) is 4. The SMILES string of the molecule is CN1C(=O)[C@@](COc2cc(F)cc(F)c2)(CC2CCCCC2)N=C1N. The van der Waals surface area contributed by atoms with Crippen LogP contribution in [-0.2, 0) is 4.79 Å². The number of halogens is 2. The number of nitrogens with zero attached hydrogens (tertiary/aromatic N) is 2. The van der Waals surface area contributed by atoms with E-state index >= 15 is 0 Å². The van der Waals surface area contributed by atoms with E-state index in [2.05, 4.69) is 4.99 Å². The van der Waals surface area contributed by atoms with Gasteiger partial charge in [-0.2, -0.15) is 0 Å². The van der Waals surface area contributed by atoms with Crippen LogP contribution in [0.1, 0.15) is 38.5 Å². The van der Waals surface area contributed by atoms with E-state index in [1.807, 2.05) is 0 Å². The maximum absolute atomic E-state index is 13.4. The maximum atomic E-state index is 13.4. The van der Waals surface area contributed by atoms with Crippen LogP contribution in [0.5, 0.6) is 5.75 Å². The van der Waals surface area contributed by atoms with Crippen molar-refractivity contribution in [2.24, 2.45) is 16.6 Å². The van der Waals surface area contributed by atoms with Gasteiger partial charge in [0.05, 0.1) is 0 Å². The molecule has 1 amide bonds. The van der Waals surface area contributed by atoms with Gasteiger partial charge in [-0.3, -0.25) is 9.69 Å². The molecule has 1 aromatic rings. The van der Waals surface area contributed by atoms with Crippen molar-refractivity contribution in [3.63, 3.8) is 0 Å². The van der Waals surface area contributed by atoms with Crippen LogP contribution in [0.25, 0.3) is 0 Å². The van der Waals surface area contributed by atoms with E-state index in [1.165, 1.54) is 11.3 Å². The van der Waals surface area contributed by atoms with Gasteiger partial charge < -0.3 is 10.5 Å². The van der Waals surface area contributed by atoms with Crippen LogP contribution in [-0.4, -0.2) is 36.0 Å². The number of hydrogen-bond donors (Lipinski definition) is 1. The number of guanidine groups is 1. The van der Waals surface area contributed by atoms with E-state index in [0.29, 0.717) is 12.3 Å². The normalized spacial score (nSPS) is 24.5. The number of nitrogens with two attached hydrogens (primary N) is 1. The van der Waals surface area contributed by atoms with Crippen LogP contribution in [0.4, 0.5) is 8.78 Å². The van der Waals surface area contributed by atoms with Crippen LogP contribution in [0.3, 0.4) is 0 Å². The molecule has 2 N–H and O–H groups in total. The summed E-state index contributed by atoms with van der Waals surface area (Å²) in [6.07, 6.45) is 6.11. The van der Waals surface area contributed by atoms with Gasteiger partial charge in [-0.15, -0.1) is 0 Å². The molecule has 1 atom stereocenters. The first-order chi connectivity index (χ1) is 11.9. The van der Waals surface area contributed by atoms with E-state index in [0.717, 1.165) is 43.9 Å². The topological polar surface area (TPSA) is 67.9 Å². The highest BCUT2D eigenvalue weighted by Crippen LogP contribution is 2.36. The first-order valence-electron chi connectivity index (χ1n) is 8.62. The monoisotopic (exact) mass is 351 g/mol. The zero-order valence-electron chi connectivity index (χ0n) is 14.3. The van der Waals surface area contributed by atoms with Crippen LogP contribution < -0.4 is 10.5 Å². The Hall–Kier alpha value is -2.18. The number of likely N-dealkylation sites (N-methyl/N-ethyl adjacent to an activating group) is 1. The summed E-state index contributed by atoms with van der Waals surface area (Å²) in [5.41, 5.74) is 4.72. The third-order valence-corrected chi connectivity index (χ3v) is 5.04. The Balaban J connectivity index is 1.80. The molecule has 0 unspecified atom stereocenters. The van der Waals surface area contributed by atoms with Gasteiger partial charge in [-0.1, -0.05) is 32.1 Å². The average molecular weight is 351 g/mol. The lowest BCUT2D eigenvalue weighted by Gasteiger charge is -2.31. The van der Waals surface area contributed by atoms with Crippen LogP contribution in [0.2, 0.25) is 0 Å². The first kappa shape index (κ1) is 17.6. The third-order valence-electron chi connectivity index (χ3n) is 5.04. The minimum absolute atomic E-state index is 0.0386.